The number of aliphatic hydroxyl groups is 3. The lowest BCUT2D eigenvalue weighted by atomic mass is 9.91. The maximum absolute atomic E-state index is 14.5. The Balaban J connectivity index is 1.02. The zero-order chi connectivity index (χ0) is 41.4. The fourth-order valence-corrected chi connectivity index (χ4v) is 9.68. The monoisotopic (exact) mass is 810 g/mol. The lowest BCUT2D eigenvalue weighted by molar-refractivity contribution is -0.181. The molecule has 3 N–H and O–H groups in total. The number of oxazole rings is 1. The molecule has 308 valence electrons. The number of halogens is 3. The predicted octanol–water partition coefficient (Wildman–Crippen LogP) is 6.80. The molecular formula is C44H45F3N6O6. The summed E-state index contributed by atoms with van der Waals surface area (Å²) in [5, 5.41) is 40.8. The van der Waals surface area contributed by atoms with Gasteiger partial charge in [0.05, 0.1) is 13.2 Å². The van der Waals surface area contributed by atoms with Gasteiger partial charge in [-0.25, -0.2) is 9.97 Å². The third-order valence-electron chi connectivity index (χ3n) is 12.7. The molecule has 2 fully saturated rings. The number of aromatic nitrogens is 3. The van der Waals surface area contributed by atoms with Crippen molar-refractivity contribution in [3.05, 3.63) is 87.2 Å². The minimum atomic E-state index is -4.84. The number of nitriles is 1. The van der Waals surface area contributed by atoms with E-state index in [1.165, 1.54) is 14.0 Å². The first-order valence-corrected chi connectivity index (χ1v) is 20.1. The quantitative estimate of drug-likeness (QED) is 0.134. The Hall–Kier alpha value is -5.11. The fourth-order valence-electron chi connectivity index (χ4n) is 9.68. The smallest absolute Gasteiger partial charge is 0.438 e. The Kier molecular flexibility index (Phi) is 9.91. The molecule has 2 aliphatic carbocycles. The summed E-state index contributed by atoms with van der Waals surface area (Å²) in [5.74, 6) is -2.34. The molecule has 5 aromatic rings. The Morgan fingerprint density at radius 2 is 1.68 bits per heavy atom. The molecule has 12 nitrogen and oxygen atoms in total. The average Bonchev–Trinajstić information content (AvgIpc) is 4.05. The number of methoxy groups -OCH3 is 1. The molecular weight excluding hydrogens is 766 g/mol. The van der Waals surface area contributed by atoms with E-state index in [0.29, 0.717) is 74.3 Å². The largest absolute Gasteiger partial charge is 0.480 e. The van der Waals surface area contributed by atoms with E-state index in [9.17, 15) is 33.8 Å². The summed E-state index contributed by atoms with van der Waals surface area (Å²) >= 11 is 0. The maximum atomic E-state index is 14.5. The van der Waals surface area contributed by atoms with Gasteiger partial charge in [-0.1, -0.05) is 30.3 Å². The van der Waals surface area contributed by atoms with Crippen LogP contribution in [0.25, 0.3) is 33.7 Å². The molecule has 0 unspecified atom stereocenters. The first-order chi connectivity index (χ1) is 28.2. The number of rotatable bonds is 9. The Morgan fingerprint density at radius 1 is 0.915 bits per heavy atom. The molecule has 59 heavy (non-hydrogen) atoms. The van der Waals surface area contributed by atoms with Gasteiger partial charge in [0.2, 0.25) is 23.3 Å². The van der Waals surface area contributed by atoms with E-state index in [2.05, 4.69) is 20.9 Å². The highest BCUT2D eigenvalue weighted by Gasteiger charge is 2.42. The van der Waals surface area contributed by atoms with Crippen LogP contribution >= 0.6 is 0 Å². The van der Waals surface area contributed by atoms with Crippen molar-refractivity contribution in [1.29, 1.82) is 5.26 Å². The van der Waals surface area contributed by atoms with Crippen LogP contribution in [0.2, 0.25) is 0 Å². The van der Waals surface area contributed by atoms with Crippen molar-refractivity contribution < 1.29 is 42.4 Å². The summed E-state index contributed by atoms with van der Waals surface area (Å²) in [4.78, 5) is 17.2. The van der Waals surface area contributed by atoms with Gasteiger partial charge in [0.25, 0.3) is 0 Å². The molecule has 0 radical (unpaired) electrons. The van der Waals surface area contributed by atoms with Crippen LogP contribution in [0.5, 0.6) is 11.8 Å². The third-order valence-corrected chi connectivity index (χ3v) is 12.7. The highest BCUT2D eigenvalue weighted by molar-refractivity contribution is 5.86. The number of alkyl halides is 3. The van der Waals surface area contributed by atoms with Crippen LogP contribution in [-0.2, 0) is 25.6 Å². The number of nitrogens with zero attached hydrogens (tertiary/aromatic N) is 6. The maximum Gasteiger partial charge on any atom is 0.438 e. The summed E-state index contributed by atoms with van der Waals surface area (Å²) in [6, 6.07) is 16.0. The van der Waals surface area contributed by atoms with Crippen LogP contribution in [0, 0.1) is 24.2 Å². The lowest BCUT2D eigenvalue weighted by Crippen LogP contribution is -2.36. The molecule has 4 heterocycles. The molecule has 2 saturated heterocycles. The zero-order valence-corrected chi connectivity index (χ0v) is 33.0. The van der Waals surface area contributed by atoms with Crippen molar-refractivity contribution in [2.75, 3.05) is 33.3 Å². The SMILES string of the molecule is COc1nc(O[C@H]2CCc3c(-c4cccc(-c5nc6cc7c(c(C#N)c6o5)CC[C@H]7N5CC[C@@H](C(C)(O)O)C5)c4C)cccc32)c(C(F)(F)F)nc1CN1CC[C@@H](O)C1. The second kappa shape index (κ2) is 14.9. The van der Waals surface area contributed by atoms with Gasteiger partial charge in [0, 0.05) is 43.7 Å². The van der Waals surface area contributed by atoms with Crippen molar-refractivity contribution >= 4 is 11.1 Å². The first kappa shape index (κ1) is 39.4. The van der Waals surface area contributed by atoms with Crippen molar-refractivity contribution in [3.63, 3.8) is 0 Å². The van der Waals surface area contributed by atoms with Gasteiger partial charge >= 0.3 is 6.18 Å². The van der Waals surface area contributed by atoms with E-state index < -0.39 is 35.7 Å². The van der Waals surface area contributed by atoms with Crippen LogP contribution in [-0.4, -0.2) is 85.3 Å². The molecule has 2 aliphatic heterocycles. The highest BCUT2D eigenvalue weighted by Crippen LogP contribution is 2.47. The van der Waals surface area contributed by atoms with E-state index in [1.807, 2.05) is 54.3 Å². The van der Waals surface area contributed by atoms with Crippen molar-refractivity contribution in [3.8, 4) is 40.4 Å². The van der Waals surface area contributed by atoms with Gasteiger partial charge in [-0.15, -0.1) is 0 Å². The number of aliphatic hydroxyl groups excluding tert-OH is 1. The third kappa shape index (κ3) is 7.10. The molecule has 4 atom stereocenters. The van der Waals surface area contributed by atoms with Gasteiger partial charge < -0.3 is 29.2 Å². The van der Waals surface area contributed by atoms with Crippen LogP contribution in [0.1, 0.15) is 89.5 Å². The molecule has 9 rings (SSSR count). The van der Waals surface area contributed by atoms with Crippen LogP contribution in [0.3, 0.4) is 0 Å². The number of fused-ring (bicyclic) bond motifs is 3. The van der Waals surface area contributed by atoms with Gasteiger partial charge in [0.15, 0.2) is 11.4 Å². The van der Waals surface area contributed by atoms with Crippen molar-refractivity contribution in [1.82, 2.24) is 24.8 Å². The number of β-amino-alcohol motifs (C(OH)–C–C–N with tert-alkyl or cyclic N) is 1. The Bertz CT molecular complexity index is 2490. The van der Waals surface area contributed by atoms with Gasteiger partial charge in [-0.05, 0) is 110 Å². The van der Waals surface area contributed by atoms with Crippen molar-refractivity contribution in [2.24, 2.45) is 5.92 Å². The normalized spacial score (nSPS) is 22.2. The van der Waals surface area contributed by atoms with Gasteiger partial charge in [-0.3, -0.25) is 9.80 Å². The van der Waals surface area contributed by atoms with E-state index in [-0.39, 0.29) is 30.1 Å². The van der Waals surface area contributed by atoms with E-state index in [4.69, 9.17) is 18.9 Å². The first-order valence-electron chi connectivity index (χ1n) is 20.1. The van der Waals surface area contributed by atoms with E-state index in [1.54, 1.807) is 0 Å². The van der Waals surface area contributed by atoms with Gasteiger partial charge in [0.1, 0.15) is 28.9 Å². The second-order valence-electron chi connectivity index (χ2n) is 16.4. The fraction of sp³-hybridized carbons (Fsp3) is 0.455. The second-order valence-corrected chi connectivity index (χ2v) is 16.4. The molecule has 4 aliphatic rings. The molecule has 3 aromatic carbocycles. The number of ether oxygens (including phenoxy) is 2. The molecule has 0 bridgehead atoms. The number of hydrogen-bond donors (Lipinski definition) is 3. The topological polar surface area (TPSA) is 161 Å². The summed E-state index contributed by atoms with van der Waals surface area (Å²) in [5.41, 5.74) is 7.43. The summed E-state index contributed by atoms with van der Waals surface area (Å²) in [7, 11) is 1.33. The summed E-state index contributed by atoms with van der Waals surface area (Å²) < 4.78 is 61.4. The van der Waals surface area contributed by atoms with Crippen molar-refractivity contribution in [2.45, 2.75) is 89.1 Å². The minimum absolute atomic E-state index is 0.0249. The minimum Gasteiger partial charge on any atom is -0.480 e. The lowest BCUT2D eigenvalue weighted by Gasteiger charge is -2.27. The van der Waals surface area contributed by atoms with Gasteiger partial charge in [-0.2, -0.15) is 23.4 Å². The number of benzene rings is 3. The van der Waals surface area contributed by atoms with Crippen LogP contribution < -0.4 is 9.47 Å². The number of likely N-dealkylation sites (tertiary alicyclic amines) is 2. The van der Waals surface area contributed by atoms with E-state index >= 15 is 0 Å². The average molecular weight is 811 g/mol. The van der Waals surface area contributed by atoms with Crippen LogP contribution in [0.4, 0.5) is 13.2 Å². The molecule has 15 heteroatoms. The molecule has 2 aromatic heterocycles. The molecule has 0 spiro atoms. The summed E-state index contributed by atoms with van der Waals surface area (Å²) in [6.45, 7) is 5.59. The zero-order valence-electron chi connectivity index (χ0n) is 33.0. The standard InChI is InChI=1S/C44H45F3N6O6/c1-23-26(6-4-7-27(23)40-50-34-18-32-30(33(19-48)38(34)59-40)10-12-36(32)53-17-14-24(20-53)43(2,55)56)28-8-5-9-31-29(28)11-13-37(31)58-42-39(44(45,46)47)49-35(41(51-42)57-3)22-52-16-15-25(54)21-52/h4-9,18,24-25,36-37,54-56H,10-17,20-22H2,1-3H3/t24-,25-,36-,37+/m1/s1. The van der Waals surface area contributed by atoms with Crippen LogP contribution in [0.15, 0.2) is 46.9 Å². The molecule has 0 amide bonds. The molecule has 0 saturated carbocycles. The Labute approximate surface area is 338 Å². The summed E-state index contributed by atoms with van der Waals surface area (Å²) in [6.07, 6.45) is -2.40. The Morgan fingerprint density at radius 3 is 2.39 bits per heavy atom. The predicted molar refractivity (Wildman–Crippen MR) is 209 cm³/mol. The highest BCUT2D eigenvalue weighted by atomic mass is 19.4. The van der Waals surface area contributed by atoms with E-state index in [0.717, 1.165) is 57.5 Å². The number of hydrogen-bond acceptors (Lipinski definition) is 12.